The summed E-state index contributed by atoms with van der Waals surface area (Å²) in [4.78, 5) is 39.1. The normalized spacial score (nSPS) is 13.8. The van der Waals surface area contributed by atoms with Crippen molar-refractivity contribution in [2.24, 2.45) is 5.41 Å². The van der Waals surface area contributed by atoms with E-state index in [2.05, 4.69) is 9.68 Å². The lowest BCUT2D eigenvalue weighted by atomic mass is 9.89. The summed E-state index contributed by atoms with van der Waals surface area (Å²) in [6.45, 7) is 6.64. The highest BCUT2D eigenvalue weighted by Crippen LogP contribution is 2.38. The first-order chi connectivity index (χ1) is 11.1. The Kier molecular flexibility index (Phi) is 7.66. The second kappa shape index (κ2) is 8.35. The molecule has 0 aromatic carbocycles. The maximum atomic E-state index is 11.0. The number of hydrogen-bond acceptors (Lipinski definition) is 10. The van der Waals surface area contributed by atoms with E-state index in [1.165, 1.54) is 0 Å². The van der Waals surface area contributed by atoms with Crippen LogP contribution in [-0.4, -0.2) is 54.6 Å². The van der Waals surface area contributed by atoms with Crippen LogP contribution < -0.4 is 0 Å². The summed E-state index contributed by atoms with van der Waals surface area (Å²) in [5.74, 6) is 0. The molecule has 0 radical (unpaired) electrons. The van der Waals surface area contributed by atoms with Gasteiger partial charge in [-0.1, -0.05) is 20.8 Å². The molecule has 0 heterocycles. The molecule has 14 heteroatoms. The minimum absolute atomic E-state index is 0.313. The van der Waals surface area contributed by atoms with Gasteiger partial charge in [-0.3, -0.25) is 10.1 Å². The first-order valence-electron chi connectivity index (χ1n) is 7.15. The molecule has 0 rings (SSSR count). The van der Waals surface area contributed by atoms with Crippen molar-refractivity contribution in [1.82, 2.24) is 0 Å². The van der Waals surface area contributed by atoms with Gasteiger partial charge in [-0.25, -0.2) is 0 Å². The van der Waals surface area contributed by atoms with Crippen LogP contribution in [0.1, 0.15) is 20.8 Å². The molecule has 0 aliphatic heterocycles. The molecule has 0 aliphatic carbocycles. The van der Waals surface area contributed by atoms with Gasteiger partial charge in [-0.2, -0.15) is 0 Å². The van der Waals surface area contributed by atoms with Crippen molar-refractivity contribution >= 4 is 8.32 Å². The fourth-order valence-electron chi connectivity index (χ4n) is 1.48. The molecule has 146 valence electrons. The van der Waals surface area contributed by atoms with E-state index in [1.54, 1.807) is 13.1 Å². The van der Waals surface area contributed by atoms with Gasteiger partial charge in [-0.15, -0.1) is 20.2 Å². The number of hydrogen-bond donors (Lipinski definition) is 1. The predicted molar refractivity (Wildman–Crippen MR) is 84.5 cm³/mol. The SMILES string of the molecule is CC(C)(C)[Si](C)(C)OCC(CO[N+](=O)[O-])(CO[N+](=O)[O-])C(O)[N+](=O)[O-]. The van der Waals surface area contributed by atoms with Crippen LogP contribution in [0.15, 0.2) is 0 Å². The van der Waals surface area contributed by atoms with Crippen LogP contribution in [0.3, 0.4) is 0 Å². The smallest absolute Gasteiger partial charge is 0.324 e. The average molecular weight is 385 g/mol. The van der Waals surface area contributed by atoms with Crippen molar-refractivity contribution in [2.45, 2.75) is 45.1 Å². The Balaban J connectivity index is 5.66. The number of aliphatic hydroxyl groups is 1. The minimum atomic E-state index is -2.49. The average Bonchev–Trinajstić information content (AvgIpc) is 2.44. The van der Waals surface area contributed by atoms with Gasteiger partial charge in [0.05, 0.1) is 11.5 Å². The Morgan fingerprint density at radius 3 is 1.64 bits per heavy atom. The summed E-state index contributed by atoms with van der Waals surface area (Å²) in [6, 6.07) is 0. The fraction of sp³-hybridized carbons (Fsp3) is 1.00. The monoisotopic (exact) mass is 385 g/mol. The summed E-state index contributed by atoms with van der Waals surface area (Å²) in [6.07, 6.45) is -2.43. The molecule has 0 saturated carbocycles. The van der Waals surface area contributed by atoms with E-state index in [0.29, 0.717) is 0 Å². The molecule has 1 atom stereocenters. The van der Waals surface area contributed by atoms with Crippen LogP contribution in [0.25, 0.3) is 0 Å². The number of aliphatic hydroxyl groups excluding tert-OH is 1. The van der Waals surface area contributed by atoms with Crippen molar-refractivity contribution < 1.29 is 34.3 Å². The Labute approximate surface area is 144 Å². The largest absolute Gasteiger partial charge is 0.416 e. The predicted octanol–water partition coefficient (Wildman–Crippen LogP) is 1.01. The molecular weight excluding hydrogens is 362 g/mol. The van der Waals surface area contributed by atoms with Gasteiger partial charge in [0.1, 0.15) is 18.6 Å². The van der Waals surface area contributed by atoms with Crippen LogP contribution in [0.5, 0.6) is 0 Å². The second-order valence-electron chi connectivity index (χ2n) is 7.06. The fourth-order valence-corrected chi connectivity index (χ4v) is 2.56. The van der Waals surface area contributed by atoms with Gasteiger partial charge < -0.3 is 19.2 Å². The summed E-state index contributed by atoms with van der Waals surface area (Å²) < 4.78 is 5.76. The molecule has 25 heavy (non-hydrogen) atoms. The first-order valence-corrected chi connectivity index (χ1v) is 10.1. The zero-order valence-electron chi connectivity index (χ0n) is 14.7. The van der Waals surface area contributed by atoms with Gasteiger partial charge in [0.15, 0.2) is 8.32 Å². The van der Waals surface area contributed by atoms with Gasteiger partial charge in [-0.05, 0) is 18.1 Å². The van der Waals surface area contributed by atoms with E-state index in [9.17, 15) is 35.4 Å². The number of rotatable bonds is 11. The summed E-state index contributed by atoms with van der Waals surface area (Å²) >= 11 is 0. The zero-order valence-corrected chi connectivity index (χ0v) is 15.7. The first kappa shape index (κ1) is 22.9. The maximum absolute atomic E-state index is 11.0. The molecule has 0 spiro atoms. The van der Waals surface area contributed by atoms with E-state index >= 15 is 0 Å². The highest BCUT2D eigenvalue weighted by atomic mass is 28.4. The van der Waals surface area contributed by atoms with E-state index in [1.807, 2.05) is 20.8 Å². The van der Waals surface area contributed by atoms with Crippen LogP contribution in [0, 0.1) is 35.8 Å². The lowest BCUT2D eigenvalue weighted by molar-refractivity contribution is -0.777. The Hall–Kier alpha value is -2.06. The molecule has 0 aliphatic rings. The molecule has 0 amide bonds. The van der Waals surface area contributed by atoms with Crippen molar-refractivity contribution in [3.8, 4) is 0 Å². The van der Waals surface area contributed by atoms with Gasteiger partial charge in [0.25, 0.3) is 10.2 Å². The highest BCUT2D eigenvalue weighted by molar-refractivity contribution is 6.74. The summed E-state index contributed by atoms with van der Waals surface area (Å²) in [5, 5.41) is 39.1. The second-order valence-corrected chi connectivity index (χ2v) is 11.9. The third kappa shape index (κ3) is 6.75. The zero-order chi connectivity index (χ0) is 20.1. The van der Waals surface area contributed by atoms with E-state index in [4.69, 9.17) is 4.43 Å². The van der Waals surface area contributed by atoms with Crippen molar-refractivity contribution in [3.63, 3.8) is 0 Å². The molecule has 1 N–H and O–H groups in total. The van der Waals surface area contributed by atoms with E-state index in [-0.39, 0.29) is 5.04 Å². The van der Waals surface area contributed by atoms with Crippen LogP contribution in [-0.2, 0) is 14.1 Å². The van der Waals surface area contributed by atoms with Crippen LogP contribution >= 0.6 is 0 Å². The van der Waals surface area contributed by atoms with Gasteiger partial charge in [0, 0.05) is 0 Å². The lowest BCUT2D eigenvalue weighted by Gasteiger charge is -2.40. The minimum Gasteiger partial charge on any atom is -0.416 e. The quantitative estimate of drug-likeness (QED) is 0.233. The standard InChI is InChI=1S/C11H23N3O10Si/c1-10(2,3)25(4,5)24-8-11(6-22-13(18)19,7-23-14(20)21)9(15)12(16)17/h9,15H,6-8H2,1-5H3. The molecule has 1 unspecified atom stereocenters. The molecule has 0 fully saturated rings. The third-order valence-electron chi connectivity index (χ3n) is 4.19. The third-order valence-corrected chi connectivity index (χ3v) is 8.67. The lowest BCUT2D eigenvalue weighted by Crippen LogP contribution is -2.54. The Bertz CT molecular complexity index is 489. The molecule has 0 saturated heterocycles. The summed E-state index contributed by atoms with van der Waals surface area (Å²) in [7, 11) is -2.49. The Morgan fingerprint density at radius 1 is 0.960 bits per heavy atom. The molecular formula is C11H23N3O10Si. The van der Waals surface area contributed by atoms with Crippen molar-refractivity contribution in [2.75, 3.05) is 19.8 Å². The number of nitro groups is 1. The number of nitrogens with zero attached hydrogens (tertiary/aromatic N) is 3. The van der Waals surface area contributed by atoms with Crippen molar-refractivity contribution in [1.29, 1.82) is 0 Å². The van der Waals surface area contributed by atoms with Crippen molar-refractivity contribution in [3.05, 3.63) is 30.3 Å². The molecule has 13 nitrogen and oxygen atoms in total. The van der Waals surface area contributed by atoms with E-state index in [0.717, 1.165) is 0 Å². The molecule has 0 aromatic rings. The molecule has 0 aromatic heterocycles. The van der Waals surface area contributed by atoms with Crippen LogP contribution in [0.2, 0.25) is 18.1 Å². The van der Waals surface area contributed by atoms with Gasteiger partial charge in [0.2, 0.25) is 0 Å². The topological polar surface area (TPSA) is 177 Å². The van der Waals surface area contributed by atoms with Gasteiger partial charge >= 0.3 is 6.23 Å². The summed E-state index contributed by atoms with van der Waals surface area (Å²) in [5.41, 5.74) is -2.14. The Morgan fingerprint density at radius 2 is 1.36 bits per heavy atom. The molecule has 0 bridgehead atoms. The van der Waals surface area contributed by atoms with E-state index < -0.39 is 54.9 Å². The highest BCUT2D eigenvalue weighted by Gasteiger charge is 2.51. The maximum Gasteiger partial charge on any atom is 0.324 e. The van der Waals surface area contributed by atoms with Crippen LogP contribution in [0.4, 0.5) is 0 Å².